The Morgan fingerprint density at radius 2 is 1.73 bits per heavy atom. The number of aromatic nitrogens is 2. The normalized spacial score (nSPS) is 11.4. The number of unbranched alkanes of at least 4 members (excludes halogenated alkanes) is 5. The largest absolute Gasteiger partial charge is 0.494 e. The second kappa shape index (κ2) is 12.4. The summed E-state index contributed by atoms with van der Waals surface area (Å²) in [6.07, 6.45) is 7.45. The first-order valence-corrected chi connectivity index (χ1v) is 11.6. The Bertz CT molecular complexity index is 1040. The van der Waals surface area contributed by atoms with Gasteiger partial charge in [-0.05, 0) is 61.4 Å². The summed E-state index contributed by atoms with van der Waals surface area (Å²) in [5, 5.41) is 11.2. The van der Waals surface area contributed by atoms with Crippen molar-refractivity contribution >= 4 is 17.3 Å². The summed E-state index contributed by atoms with van der Waals surface area (Å²) in [6.45, 7) is 4.78. The number of nitrogens with two attached hydrogens (primary N) is 1. The molecule has 0 atom stereocenters. The SMILES string of the molecule is CCCCCCCCOc1ccc(-c2cc(C(=O)N/N=C(/C)c3ccc(N)cc3)[nH]n2)cc1. The number of nitrogens with zero attached hydrogens (tertiary/aromatic N) is 2. The number of rotatable bonds is 12. The number of ether oxygens (including phenoxy) is 1. The van der Waals surface area contributed by atoms with Gasteiger partial charge in [-0.3, -0.25) is 9.89 Å². The van der Waals surface area contributed by atoms with Crippen molar-refractivity contribution in [3.05, 3.63) is 65.9 Å². The van der Waals surface area contributed by atoms with Crippen molar-refractivity contribution in [2.24, 2.45) is 5.10 Å². The Balaban J connectivity index is 1.49. The Morgan fingerprint density at radius 3 is 2.45 bits per heavy atom. The second-order valence-corrected chi connectivity index (χ2v) is 8.07. The summed E-state index contributed by atoms with van der Waals surface area (Å²) >= 11 is 0. The smallest absolute Gasteiger partial charge is 0.289 e. The molecule has 33 heavy (non-hydrogen) atoms. The number of carbonyl (C=O) groups excluding carboxylic acids is 1. The molecule has 4 N–H and O–H groups in total. The van der Waals surface area contributed by atoms with Gasteiger partial charge in [-0.2, -0.15) is 10.2 Å². The molecule has 3 rings (SSSR count). The van der Waals surface area contributed by atoms with Crippen LogP contribution in [0.15, 0.2) is 59.7 Å². The number of H-pyrrole nitrogens is 1. The third-order valence-corrected chi connectivity index (χ3v) is 5.39. The van der Waals surface area contributed by atoms with Crippen LogP contribution in [-0.2, 0) is 0 Å². The first-order valence-electron chi connectivity index (χ1n) is 11.6. The van der Waals surface area contributed by atoms with Crippen LogP contribution in [0.3, 0.4) is 0 Å². The molecule has 2 aromatic carbocycles. The minimum Gasteiger partial charge on any atom is -0.494 e. The highest BCUT2D eigenvalue weighted by Gasteiger charge is 2.11. The molecule has 3 aromatic rings. The zero-order valence-electron chi connectivity index (χ0n) is 19.4. The number of nitrogen functional groups attached to an aromatic ring is 1. The predicted octanol–water partition coefficient (Wildman–Crippen LogP) is 5.55. The van der Waals surface area contributed by atoms with Crippen LogP contribution in [0.25, 0.3) is 11.3 Å². The zero-order valence-corrected chi connectivity index (χ0v) is 19.4. The van der Waals surface area contributed by atoms with Crippen molar-refractivity contribution in [1.82, 2.24) is 15.6 Å². The molecule has 7 heteroatoms. The van der Waals surface area contributed by atoms with Crippen LogP contribution in [-0.4, -0.2) is 28.4 Å². The maximum atomic E-state index is 12.4. The maximum absolute atomic E-state index is 12.4. The monoisotopic (exact) mass is 447 g/mol. The zero-order chi connectivity index (χ0) is 23.5. The van der Waals surface area contributed by atoms with Crippen LogP contribution < -0.4 is 15.9 Å². The van der Waals surface area contributed by atoms with Crippen molar-refractivity contribution in [3.63, 3.8) is 0 Å². The van der Waals surface area contributed by atoms with Gasteiger partial charge in [0.25, 0.3) is 5.91 Å². The molecule has 0 fully saturated rings. The highest BCUT2D eigenvalue weighted by Crippen LogP contribution is 2.21. The number of aromatic amines is 1. The lowest BCUT2D eigenvalue weighted by molar-refractivity contribution is 0.0950. The lowest BCUT2D eigenvalue weighted by atomic mass is 10.1. The fraction of sp³-hybridized carbons (Fsp3) is 0.346. The Kier molecular flexibility index (Phi) is 9.06. The summed E-state index contributed by atoms with van der Waals surface area (Å²) < 4.78 is 5.83. The minimum absolute atomic E-state index is 0.335. The van der Waals surface area contributed by atoms with E-state index in [9.17, 15) is 4.79 Å². The fourth-order valence-corrected chi connectivity index (χ4v) is 3.36. The lowest BCUT2D eigenvalue weighted by Crippen LogP contribution is -2.19. The van der Waals surface area contributed by atoms with Crippen molar-refractivity contribution in [2.75, 3.05) is 12.3 Å². The summed E-state index contributed by atoms with van der Waals surface area (Å²) in [7, 11) is 0. The average molecular weight is 448 g/mol. The van der Waals surface area contributed by atoms with Crippen molar-refractivity contribution in [3.8, 4) is 17.0 Å². The molecule has 174 valence electrons. The average Bonchev–Trinajstić information content (AvgIpc) is 3.33. The highest BCUT2D eigenvalue weighted by molar-refractivity contribution is 6.00. The van der Waals surface area contributed by atoms with Gasteiger partial charge in [-0.1, -0.05) is 51.2 Å². The number of amides is 1. The van der Waals surface area contributed by atoms with Gasteiger partial charge < -0.3 is 10.5 Å². The van der Waals surface area contributed by atoms with E-state index in [0.717, 1.165) is 29.9 Å². The lowest BCUT2D eigenvalue weighted by Gasteiger charge is -2.06. The molecule has 0 aliphatic carbocycles. The van der Waals surface area contributed by atoms with Gasteiger partial charge in [-0.25, -0.2) is 5.43 Å². The molecule has 0 unspecified atom stereocenters. The van der Waals surface area contributed by atoms with E-state index in [1.807, 2.05) is 43.3 Å². The molecule has 0 radical (unpaired) electrons. The van der Waals surface area contributed by atoms with E-state index in [-0.39, 0.29) is 5.91 Å². The molecule has 0 saturated carbocycles. The Morgan fingerprint density at radius 1 is 1.03 bits per heavy atom. The summed E-state index contributed by atoms with van der Waals surface area (Å²) in [6, 6.07) is 16.8. The quantitative estimate of drug-likeness (QED) is 0.146. The Hall–Kier alpha value is -3.61. The third-order valence-electron chi connectivity index (χ3n) is 5.39. The van der Waals surface area contributed by atoms with Crippen LogP contribution in [0.2, 0.25) is 0 Å². The molecule has 0 spiro atoms. The predicted molar refractivity (Wildman–Crippen MR) is 133 cm³/mol. The number of benzene rings is 2. The fourth-order valence-electron chi connectivity index (χ4n) is 3.36. The van der Waals surface area contributed by atoms with Gasteiger partial charge in [0.05, 0.1) is 18.0 Å². The molecule has 7 nitrogen and oxygen atoms in total. The van der Waals surface area contributed by atoms with Crippen LogP contribution in [0.5, 0.6) is 5.75 Å². The van der Waals surface area contributed by atoms with Gasteiger partial charge in [0, 0.05) is 11.3 Å². The van der Waals surface area contributed by atoms with Crippen LogP contribution in [0, 0.1) is 0 Å². The second-order valence-electron chi connectivity index (χ2n) is 8.07. The number of hydrazone groups is 1. The van der Waals surface area contributed by atoms with Crippen molar-refractivity contribution < 1.29 is 9.53 Å². The van der Waals surface area contributed by atoms with E-state index in [2.05, 4.69) is 27.6 Å². The first kappa shape index (κ1) is 24.0. The minimum atomic E-state index is -0.359. The van der Waals surface area contributed by atoms with E-state index >= 15 is 0 Å². The molecule has 0 bridgehead atoms. The number of carbonyl (C=O) groups is 1. The maximum Gasteiger partial charge on any atom is 0.289 e. The van der Waals surface area contributed by atoms with Crippen LogP contribution in [0.1, 0.15) is 68.4 Å². The molecule has 1 amide bonds. The molecule has 0 aliphatic heterocycles. The topological polar surface area (TPSA) is 105 Å². The third kappa shape index (κ3) is 7.49. The van der Waals surface area contributed by atoms with Gasteiger partial charge >= 0.3 is 0 Å². The van der Waals surface area contributed by atoms with E-state index < -0.39 is 0 Å². The van der Waals surface area contributed by atoms with Crippen LogP contribution in [0.4, 0.5) is 5.69 Å². The van der Waals surface area contributed by atoms with Crippen molar-refractivity contribution in [1.29, 1.82) is 0 Å². The molecular formula is C26H33N5O2. The molecule has 1 heterocycles. The standard InChI is InChI=1S/C26H33N5O2/c1-3-4-5-6-7-8-17-33-23-15-11-21(12-16-23)24-18-25(30-29-24)26(32)31-28-19(2)20-9-13-22(27)14-10-20/h9-16,18H,3-8,17,27H2,1-2H3,(H,29,30)(H,31,32)/b28-19-. The number of anilines is 1. The molecule has 0 saturated heterocycles. The summed E-state index contributed by atoms with van der Waals surface area (Å²) in [5.41, 5.74) is 12.4. The van der Waals surface area contributed by atoms with E-state index in [0.29, 0.717) is 22.8 Å². The van der Waals surface area contributed by atoms with Gasteiger partial charge in [0.1, 0.15) is 11.4 Å². The Labute approximate surface area is 195 Å². The summed E-state index contributed by atoms with van der Waals surface area (Å²) in [5.74, 6) is 0.482. The van der Waals surface area contributed by atoms with E-state index in [1.165, 1.54) is 32.1 Å². The van der Waals surface area contributed by atoms with Crippen molar-refractivity contribution in [2.45, 2.75) is 52.4 Å². The number of hydrogen-bond donors (Lipinski definition) is 3. The molecular weight excluding hydrogens is 414 g/mol. The first-order chi connectivity index (χ1) is 16.1. The van der Waals surface area contributed by atoms with Crippen LogP contribution >= 0.6 is 0 Å². The highest BCUT2D eigenvalue weighted by atomic mass is 16.5. The summed E-state index contributed by atoms with van der Waals surface area (Å²) in [4.78, 5) is 12.4. The van der Waals surface area contributed by atoms with Gasteiger partial charge in [0.2, 0.25) is 0 Å². The number of nitrogens with one attached hydrogen (secondary N) is 2. The molecule has 0 aliphatic rings. The van der Waals surface area contributed by atoms with E-state index in [1.54, 1.807) is 18.2 Å². The number of hydrogen-bond acceptors (Lipinski definition) is 5. The van der Waals surface area contributed by atoms with Gasteiger partial charge in [-0.15, -0.1) is 0 Å². The van der Waals surface area contributed by atoms with E-state index in [4.69, 9.17) is 10.5 Å². The van der Waals surface area contributed by atoms with Gasteiger partial charge in [0.15, 0.2) is 0 Å². The molecule has 1 aromatic heterocycles.